The van der Waals surface area contributed by atoms with E-state index in [1.54, 1.807) is 33.1 Å². The van der Waals surface area contributed by atoms with Crippen LogP contribution in [0.4, 0.5) is 0 Å². The minimum Gasteiger partial charge on any atom is -0.497 e. The van der Waals surface area contributed by atoms with Crippen molar-refractivity contribution >= 4 is 11.8 Å². The first-order valence-electron chi connectivity index (χ1n) is 7.01. The zero-order valence-electron chi connectivity index (χ0n) is 13.7. The Bertz CT molecular complexity index is 636. The molecule has 0 heterocycles. The summed E-state index contributed by atoms with van der Waals surface area (Å²) in [4.78, 5) is 1.13. The van der Waals surface area contributed by atoms with E-state index in [4.69, 9.17) is 14.2 Å². The van der Waals surface area contributed by atoms with Crippen LogP contribution in [0.2, 0.25) is 0 Å². The Morgan fingerprint density at radius 2 is 1.59 bits per heavy atom. The molecule has 118 valence electrons. The summed E-state index contributed by atoms with van der Waals surface area (Å²) >= 11 is 1.68. The summed E-state index contributed by atoms with van der Waals surface area (Å²) in [6.45, 7) is 2.03. The first-order valence-corrected chi connectivity index (χ1v) is 8.24. The number of benzene rings is 2. The van der Waals surface area contributed by atoms with Crippen LogP contribution in [0.25, 0.3) is 0 Å². The highest BCUT2D eigenvalue weighted by Crippen LogP contribution is 2.40. The van der Waals surface area contributed by atoms with Crippen LogP contribution in [0.5, 0.6) is 5.75 Å². The van der Waals surface area contributed by atoms with E-state index in [9.17, 15) is 0 Å². The second-order valence-corrected chi connectivity index (χ2v) is 5.75. The van der Waals surface area contributed by atoms with Gasteiger partial charge in [-0.2, -0.15) is 0 Å². The zero-order valence-corrected chi connectivity index (χ0v) is 14.5. The molecule has 0 spiro atoms. The standard InChI is InChI=1S/C18H22O3S/c1-13-12-14(19-2)10-11-15(13)18(20-3,21-4)16-8-6-7-9-17(16)22-5/h6-12H,1-5H3. The third kappa shape index (κ3) is 2.86. The summed E-state index contributed by atoms with van der Waals surface area (Å²) in [5.74, 6) is -0.115. The third-order valence-corrected chi connectivity index (χ3v) is 4.62. The summed E-state index contributed by atoms with van der Waals surface area (Å²) in [7, 11) is 5.01. The molecule has 0 saturated heterocycles. The Labute approximate surface area is 136 Å². The average molecular weight is 318 g/mol. The maximum absolute atomic E-state index is 5.88. The highest BCUT2D eigenvalue weighted by atomic mass is 32.2. The zero-order chi connectivity index (χ0) is 16.2. The van der Waals surface area contributed by atoms with Crippen LogP contribution in [-0.2, 0) is 15.3 Å². The van der Waals surface area contributed by atoms with Crippen LogP contribution in [0.1, 0.15) is 16.7 Å². The van der Waals surface area contributed by atoms with Gasteiger partial charge in [0, 0.05) is 30.2 Å². The van der Waals surface area contributed by atoms with Crippen molar-refractivity contribution in [3.63, 3.8) is 0 Å². The number of hydrogen-bond donors (Lipinski definition) is 0. The predicted molar refractivity (Wildman–Crippen MR) is 90.8 cm³/mol. The lowest BCUT2D eigenvalue weighted by atomic mass is 9.93. The first-order chi connectivity index (χ1) is 10.6. The Morgan fingerprint density at radius 3 is 2.14 bits per heavy atom. The molecule has 0 atom stereocenters. The number of methoxy groups -OCH3 is 3. The number of rotatable bonds is 6. The molecule has 0 aliphatic heterocycles. The van der Waals surface area contributed by atoms with Crippen molar-refractivity contribution in [3.8, 4) is 5.75 Å². The Hall–Kier alpha value is -1.49. The van der Waals surface area contributed by atoms with E-state index in [2.05, 4.69) is 12.3 Å². The van der Waals surface area contributed by atoms with Crippen molar-refractivity contribution < 1.29 is 14.2 Å². The lowest BCUT2D eigenvalue weighted by Gasteiger charge is -2.34. The van der Waals surface area contributed by atoms with Gasteiger partial charge in [0.05, 0.1) is 7.11 Å². The molecule has 0 N–H and O–H groups in total. The molecule has 2 aromatic carbocycles. The number of ether oxygens (including phenoxy) is 3. The number of hydrogen-bond acceptors (Lipinski definition) is 4. The molecule has 0 saturated carbocycles. The normalized spacial score (nSPS) is 11.5. The van der Waals surface area contributed by atoms with Crippen molar-refractivity contribution in [2.75, 3.05) is 27.6 Å². The third-order valence-electron chi connectivity index (χ3n) is 3.82. The van der Waals surface area contributed by atoms with Gasteiger partial charge in [-0.15, -0.1) is 11.8 Å². The van der Waals surface area contributed by atoms with Crippen LogP contribution in [0.3, 0.4) is 0 Å². The second kappa shape index (κ2) is 7.18. The lowest BCUT2D eigenvalue weighted by Crippen LogP contribution is -2.33. The monoisotopic (exact) mass is 318 g/mol. The molecular weight excluding hydrogens is 296 g/mol. The van der Waals surface area contributed by atoms with Gasteiger partial charge in [0.25, 0.3) is 0 Å². The highest BCUT2D eigenvalue weighted by Gasteiger charge is 2.37. The molecule has 0 aliphatic carbocycles. The molecule has 0 amide bonds. The lowest BCUT2D eigenvalue weighted by molar-refractivity contribution is -0.185. The van der Waals surface area contributed by atoms with Crippen LogP contribution in [-0.4, -0.2) is 27.6 Å². The number of thioether (sulfide) groups is 1. The maximum Gasteiger partial charge on any atom is 0.223 e. The van der Waals surface area contributed by atoms with E-state index in [0.717, 1.165) is 27.3 Å². The summed E-state index contributed by atoms with van der Waals surface area (Å²) < 4.78 is 17.1. The molecule has 0 bridgehead atoms. The van der Waals surface area contributed by atoms with Crippen LogP contribution >= 0.6 is 11.8 Å². The van der Waals surface area contributed by atoms with Gasteiger partial charge in [-0.05, 0) is 43.0 Å². The predicted octanol–water partition coefficient (Wildman–Crippen LogP) is 4.22. The fourth-order valence-corrected chi connectivity index (χ4v) is 3.35. The van der Waals surface area contributed by atoms with Gasteiger partial charge in [0.1, 0.15) is 5.75 Å². The van der Waals surface area contributed by atoms with E-state index < -0.39 is 5.79 Å². The molecule has 0 radical (unpaired) electrons. The summed E-state index contributed by atoms with van der Waals surface area (Å²) in [6.07, 6.45) is 2.05. The fourth-order valence-electron chi connectivity index (χ4n) is 2.72. The highest BCUT2D eigenvalue weighted by molar-refractivity contribution is 7.98. The van der Waals surface area contributed by atoms with Gasteiger partial charge in [0.2, 0.25) is 5.79 Å². The quantitative estimate of drug-likeness (QED) is 0.589. The van der Waals surface area contributed by atoms with Crippen molar-refractivity contribution in [2.24, 2.45) is 0 Å². The fraction of sp³-hybridized carbons (Fsp3) is 0.333. The van der Waals surface area contributed by atoms with Crippen molar-refractivity contribution in [2.45, 2.75) is 17.6 Å². The molecule has 3 nitrogen and oxygen atoms in total. The van der Waals surface area contributed by atoms with Crippen LogP contribution in [0.15, 0.2) is 47.4 Å². The SMILES string of the molecule is COc1ccc(C(OC)(OC)c2ccccc2SC)c(C)c1. The number of aryl methyl sites for hydroxylation is 1. The van der Waals surface area contributed by atoms with Gasteiger partial charge in [0.15, 0.2) is 0 Å². The smallest absolute Gasteiger partial charge is 0.223 e. The van der Waals surface area contributed by atoms with Gasteiger partial charge >= 0.3 is 0 Å². The Kier molecular flexibility index (Phi) is 5.51. The Morgan fingerprint density at radius 1 is 0.909 bits per heavy atom. The molecule has 0 unspecified atom stereocenters. The topological polar surface area (TPSA) is 27.7 Å². The summed E-state index contributed by atoms with van der Waals surface area (Å²) in [5, 5.41) is 0. The molecule has 0 aromatic heterocycles. The molecule has 4 heteroatoms. The molecule has 2 aromatic rings. The van der Waals surface area contributed by atoms with E-state index in [-0.39, 0.29) is 0 Å². The summed E-state index contributed by atoms with van der Waals surface area (Å²) in [5.41, 5.74) is 3.03. The first kappa shape index (κ1) is 16.9. The van der Waals surface area contributed by atoms with E-state index >= 15 is 0 Å². The van der Waals surface area contributed by atoms with Crippen molar-refractivity contribution in [1.82, 2.24) is 0 Å². The molecule has 0 aliphatic rings. The second-order valence-electron chi connectivity index (χ2n) is 4.91. The maximum atomic E-state index is 5.88. The van der Waals surface area contributed by atoms with Gasteiger partial charge in [-0.3, -0.25) is 0 Å². The van der Waals surface area contributed by atoms with Gasteiger partial charge in [-0.1, -0.05) is 18.2 Å². The largest absolute Gasteiger partial charge is 0.497 e. The molecular formula is C18H22O3S. The van der Waals surface area contributed by atoms with Gasteiger partial charge < -0.3 is 14.2 Å². The summed E-state index contributed by atoms with van der Waals surface area (Å²) in [6, 6.07) is 14.1. The van der Waals surface area contributed by atoms with E-state index in [1.165, 1.54) is 0 Å². The van der Waals surface area contributed by atoms with Crippen molar-refractivity contribution in [1.29, 1.82) is 0 Å². The van der Waals surface area contributed by atoms with E-state index in [1.807, 2.05) is 43.3 Å². The molecule has 2 rings (SSSR count). The van der Waals surface area contributed by atoms with Crippen LogP contribution < -0.4 is 4.74 Å². The molecule has 0 fully saturated rings. The Balaban J connectivity index is 2.67. The van der Waals surface area contributed by atoms with Crippen LogP contribution in [0, 0.1) is 6.92 Å². The average Bonchev–Trinajstić information content (AvgIpc) is 2.57. The van der Waals surface area contributed by atoms with E-state index in [0.29, 0.717) is 0 Å². The molecule has 22 heavy (non-hydrogen) atoms. The van der Waals surface area contributed by atoms with Crippen molar-refractivity contribution in [3.05, 3.63) is 59.2 Å². The minimum atomic E-state index is -0.935. The van der Waals surface area contributed by atoms with Gasteiger partial charge in [-0.25, -0.2) is 0 Å². The minimum absolute atomic E-state index is 0.820.